The van der Waals surface area contributed by atoms with Crippen LogP contribution in [0, 0.1) is 0 Å². The molecular formula is C14H24N4O2S. The summed E-state index contributed by atoms with van der Waals surface area (Å²) < 4.78 is 27.0. The minimum absolute atomic E-state index is 0.154. The van der Waals surface area contributed by atoms with Crippen LogP contribution in [0.15, 0.2) is 29.2 Å². The lowest BCUT2D eigenvalue weighted by Gasteiger charge is -2.33. The van der Waals surface area contributed by atoms with E-state index in [2.05, 4.69) is 21.4 Å². The molecule has 0 unspecified atom stereocenters. The molecule has 1 aliphatic rings. The van der Waals surface area contributed by atoms with Crippen LogP contribution < -0.4 is 10.5 Å². The Morgan fingerprint density at radius 1 is 1.14 bits per heavy atom. The first-order chi connectivity index (χ1) is 10.0. The van der Waals surface area contributed by atoms with Crippen molar-refractivity contribution in [3.05, 3.63) is 24.3 Å². The first-order valence-corrected chi connectivity index (χ1v) is 8.80. The molecule has 7 heteroatoms. The smallest absolute Gasteiger partial charge is 0.242 e. The number of benzene rings is 1. The van der Waals surface area contributed by atoms with E-state index in [4.69, 9.17) is 5.73 Å². The zero-order valence-electron chi connectivity index (χ0n) is 12.5. The minimum atomic E-state index is -3.52. The van der Waals surface area contributed by atoms with Gasteiger partial charge in [0.2, 0.25) is 10.0 Å². The number of anilines is 1. The van der Waals surface area contributed by atoms with Crippen LogP contribution in [-0.4, -0.2) is 64.0 Å². The third-order valence-electron chi connectivity index (χ3n) is 3.84. The predicted octanol–water partition coefficient (Wildman–Crippen LogP) is 0.185. The van der Waals surface area contributed by atoms with Gasteiger partial charge >= 0.3 is 0 Å². The Balaban J connectivity index is 1.82. The normalized spacial score (nSPS) is 18.0. The number of nitrogens with two attached hydrogens (primary N) is 1. The Morgan fingerprint density at radius 3 is 2.38 bits per heavy atom. The van der Waals surface area contributed by atoms with Crippen LogP contribution in [-0.2, 0) is 10.0 Å². The van der Waals surface area contributed by atoms with Crippen molar-refractivity contribution in [3.63, 3.8) is 0 Å². The van der Waals surface area contributed by atoms with Crippen molar-refractivity contribution in [1.29, 1.82) is 0 Å². The number of nitrogen functional groups attached to an aromatic ring is 1. The van der Waals surface area contributed by atoms with Gasteiger partial charge in [-0.2, -0.15) is 0 Å². The summed E-state index contributed by atoms with van der Waals surface area (Å²) >= 11 is 0. The van der Waals surface area contributed by atoms with E-state index in [1.807, 2.05) is 0 Å². The summed E-state index contributed by atoms with van der Waals surface area (Å²) in [6.07, 6.45) is 0. The van der Waals surface area contributed by atoms with Crippen LogP contribution >= 0.6 is 0 Å². The second-order valence-corrected chi connectivity index (χ2v) is 6.95. The number of hydrogen-bond acceptors (Lipinski definition) is 5. The van der Waals surface area contributed by atoms with Crippen LogP contribution in [0.5, 0.6) is 0 Å². The van der Waals surface area contributed by atoms with Gasteiger partial charge in [0.05, 0.1) is 5.69 Å². The number of piperazine rings is 1. The maximum atomic E-state index is 12.2. The van der Waals surface area contributed by atoms with E-state index in [0.717, 1.165) is 39.3 Å². The van der Waals surface area contributed by atoms with E-state index in [1.165, 1.54) is 6.07 Å². The van der Waals surface area contributed by atoms with Crippen LogP contribution in [0.2, 0.25) is 0 Å². The molecule has 0 spiro atoms. The molecule has 1 heterocycles. The summed E-state index contributed by atoms with van der Waals surface area (Å²) in [5.74, 6) is 0. The zero-order valence-corrected chi connectivity index (χ0v) is 13.3. The van der Waals surface area contributed by atoms with Crippen LogP contribution in [0.1, 0.15) is 6.92 Å². The average Bonchev–Trinajstić information content (AvgIpc) is 2.48. The van der Waals surface area contributed by atoms with Crippen molar-refractivity contribution < 1.29 is 8.42 Å². The second-order valence-electron chi connectivity index (χ2n) is 5.21. The Labute approximate surface area is 127 Å². The molecule has 0 amide bonds. The summed E-state index contributed by atoms with van der Waals surface area (Å²) in [6, 6.07) is 6.52. The van der Waals surface area contributed by atoms with E-state index < -0.39 is 10.0 Å². The number of hydrogen-bond donors (Lipinski definition) is 2. The third-order valence-corrected chi connectivity index (χ3v) is 5.38. The molecule has 0 aromatic heterocycles. The first-order valence-electron chi connectivity index (χ1n) is 7.32. The lowest BCUT2D eigenvalue weighted by Crippen LogP contribution is -2.48. The summed E-state index contributed by atoms with van der Waals surface area (Å²) in [5, 5.41) is 0. The summed E-state index contributed by atoms with van der Waals surface area (Å²) in [5.41, 5.74) is 6.00. The van der Waals surface area contributed by atoms with E-state index in [1.54, 1.807) is 18.2 Å². The molecule has 118 valence electrons. The van der Waals surface area contributed by atoms with Crippen molar-refractivity contribution in [2.45, 2.75) is 11.8 Å². The van der Waals surface area contributed by atoms with E-state index in [0.29, 0.717) is 6.54 Å². The Kier molecular flexibility index (Phi) is 5.58. The van der Waals surface area contributed by atoms with Crippen molar-refractivity contribution in [3.8, 4) is 0 Å². The maximum absolute atomic E-state index is 12.2. The van der Waals surface area contributed by atoms with E-state index >= 15 is 0 Å². The standard InChI is InChI=1S/C14H24N4O2S/c1-2-17-9-11-18(12-10-17)8-7-16-21(19,20)14-6-4-3-5-13(14)15/h3-6,16H,2,7-12,15H2,1H3. The van der Waals surface area contributed by atoms with Gasteiger partial charge in [0, 0.05) is 39.3 Å². The molecule has 1 aromatic carbocycles. The fourth-order valence-electron chi connectivity index (χ4n) is 2.47. The average molecular weight is 312 g/mol. The minimum Gasteiger partial charge on any atom is -0.398 e. The molecular weight excluding hydrogens is 288 g/mol. The van der Waals surface area contributed by atoms with Crippen LogP contribution in [0.25, 0.3) is 0 Å². The molecule has 2 rings (SSSR count). The Hall–Kier alpha value is -1.15. The van der Waals surface area contributed by atoms with Crippen molar-refractivity contribution in [2.24, 2.45) is 0 Å². The molecule has 0 radical (unpaired) electrons. The van der Waals surface area contributed by atoms with Gasteiger partial charge in [-0.1, -0.05) is 19.1 Å². The van der Waals surface area contributed by atoms with Gasteiger partial charge in [0.1, 0.15) is 4.90 Å². The zero-order chi connectivity index (χ0) is 15.3. The van der Waals surface area contributed by atoms with Crippen LogP contribution in [0.3, 0.4) is 0 Å². The molecule has 6 nitrogen and oxygen atoms in total. The molecule has 3 N–H and O–H groups in total. The highest BCUT2D eigenvalue weighted by molar-refractivity contribution is 7.89. The van der Waals surface area contributed by atoms with Gasteiger partial charge in [0.15, 0.2) is 0 Å². The number of nitrogens with one attached hydrogen (secondary N) is 1. The number of nitrogens with zero attached hydrogens (tertiary/aromatic N) is 2. The molecule has 0 atom stereocenters. The van der Waals surface area contributed by atoms with Crippen molar-refractivity contribution in [2.75, 3.05) is 51.5 Å². The molecule has 0 saturated carbocycles. The molecule has 1 fully saturated rings. The van der Waals surface area contributed by atoms with Crippen molar-refractivity contribution >= 4 is 15.7 Å². The summed E-state index contributed by atoms with van der Waals surface area (Å²) in [4.78, 5) is 4.83. The number of sulfonamides is 1. The first kappa shape index (κ1) is 16.2. The predicted molar refractivity (Wildman–Crippen MR) is 84.6 cm³/mol. The van der Waals surface area contributed by atoms with Gasteiger partial charge in [-0.15, -0.1) is 0 Å². The van der Waals surface area contributed by atoms with Gasteiger partial charge < -0.3 is 10.6 Å². The van der Waals surface area contributed by atoms with Crippen LogP contribution in [0.4, 0.5) is 5.69 Å². The highest BCUT2D eigenvalue weighted by Crippen LogP contribution is 2.16. The molecule has 1 aliphatic heterocycles. The number of para-hydroxylation sites is 1. The lowest BCUT2D eigenvalue weighted by atomic mass is 10.3. The SMILES string of the molecule is CCN1CCN(CCNS(=O)(=O)c2ccccc2N)CC1. The topological polar surface area (TPSA) is 78.7 Å². The summed E-state index contributed by atoms with van der Waals surface area (Å²) in [6.45, 7) is 8.45. The quantitative estimate of drug-likeness (QED) is 0.733. The Bertz CT molecular complexity index is 554. The van der Waals surface area contributed by atoms with E-state index in [-0.39, 0.29) is 10.6 Å². The number of likely N-dealkylation sites (N-methyl/N-ethyl adjacent to an activating group) is 1. The van der Waals surface area contributed by atoms with Gasteiger partial charge in [-0.25, -0.2) is 13.1 Å². The van der Waals surface area contributed by atoms with Crippen molar-refractivity contribution in [1.82, 2.24) is 14.5 Å². The van der Waals surface area contributed by atoms with Gasteiger partial charge in [-0.3, -0.25) is 4.90 Å². The largest absolute Gasteiger partial charge is 0.398 e. The lowest BCUT2D eigenvalue weighted by molar-refractivity contribution is 0.139. The Morgan fingerprint density at radius 2 is 1.76 bits per heavy atom. The highest BCUT2D eigenvalue weighted by Gasteiger charge is 2.18. The third kappa shape index (κ3) is 4.41. The van der Waals surface area contributed by atoms with Gasteiger partial charge in [0.25, 0.3) is 0 Å². The fraction of sp³-hybridized carbons (Fsp3) is 0.571. The fourth-order valence-corrected chi connectivity index (χ4v) is 3.62. The monoisotopic (exact) mass is 312 g/mol. The highest BCUT2D eigenvalue weighted by atomic mass is 32.2. The molecule has 21 heavy (non-hydrogen) atoms. The van der Waals surface area contributed by atoms with Gasteiger partial charge in [-0.05, 0) is 18.7 Å². The molecule has 0 aliphatic carbocycles. The molecule has 1 saturated heterocycles. The molecule has 0 bridgehead atoms. The maximum Gasteiger partial charge on any atom is 0.242 e. The number of rotatable bonds is 6. The summed E-state index contributed by atoms with van der Waals surface area (Å²) in [7, 11) is -3.52. The van der Waals surface area contributed by atoms with E-state index in [9.17, 15) is 8.42 Å². The second kappa shape index (κ2) is 7.22. The molecule has 1 aromatic rings.